The summed E-state index contributed by atoms with van der Waals surface area (Å²) in [6.45, 7) is 5.76. The van der Waals surface area contributed by atoms with Gasteiger partial charge in [0, 0.05) is 13.1 Å². The van der Waals surface area contributed by atoms with Gasteiger partial charge in [-0.05, 0) is 48.9 Å². The van der Waals surface area contributed by atoms with Crippen molar-refractivity contribution in [2.75, 3.05) is 17.8 Å². The van der Waals surface area contributed by atoms with E-state index in [4.69, 9.17) is 0 Å². The quantitative estimate of drug-likeness (QED) is 0.774. The molecule has 0 amide bonds. The molecule has 0 aromatic heterocycles. The number of sulfonamides is 2. The van der Waals surface area contributed by atoms with Gasteiger partial charge in [-0.25, -0.2) is 21.2 Å². The van der Waals surface area contributed by atoms with Crippen LogP contribution in [0.15, 0.2) is 52.3 Å². The maximum atomic E-state index is 13.9. The van der Waals surface area contributed by atoms with Crippen molar-refractivity contribution in [3.63, 3.8) is 0 Å². The molecule has 0 atom stereocenters. The summed E-state index contributed by atoms with van der Waals surface area (Å²) in [5.41, 5.74) is 0.492. The summed E-state index contributed by atoms with van der Waals surface area (Å²) < 4.78 is 67.0. The van der Waals surface area contributed by atoms with Gasteiger partial charge in [-0.15, -0.1) is 0 Å². The van der Waals surface area contributed by atoms with Crippen molar-refractivity contribution in [3.05, 3.63) is 53.8 Å². The molecule has 142 valence electrons. The Labute approximate surface area is 153 Å². The van der Waals surface area contributed by atoms with E-state index in [1.807, 2.05) is 0 Å². The zero-order chi connectivity index (χ0) is 19.5. The number of nitrogens with zero attached hydrogens (tertiary/aromatic N) is 1. The largest absolute Gasteiger partial charge is 0.277 e. The molecule has 2 rings (SSSR count). The van der Waals surface area contributed by atoms with Crippen molar-refractivity contribution in [3.8, 4) is 0 Å². The molecule has 0 aliphatic rings. The van der Waals surface area contributed by atoms with E-state index in [1.54, 1.807) is 26.8 Å². The number of aryl methyl sites for hydroxylation is 1. The van der Waals surface area contributed by atoms with Gasteiger partial charge in [0.25, 0.3) is 10.0 Å². The highest BCUT2D eigenvalue weighted by atomic mass is 32.2. The van der Waals surface area contributed by atoms with E-state index in [9.17, 15) is 21.2 Å². The van der Waals surface area contributed by atoms with Gasteiger partial charge >= 0.3 is 0 Å². The van der Waals surface area contributed by atoms with Crippen LogP contribution in [0.1, 0.15) is 19.4 Å². The first-order chi connectivity index (χ1) is 12.1. The smallest absolute Gasteiger partial charge is 0.261 e. The van der Waals surface area contributed by atoms with Crippen LogP contribution >= 0.6 is 0 Å². The number of anilines is 1. The minimum atomic E-state index is -4.04. The van der Waals surface area contributed by atoms with Gasteiger partial charge in [-0.3, -0.25) is 4.72 Å². The highest BCUT2D eigenvalue weighted by Crippen LogP contribution is 2.22. The Bertz CT molecular complexity index is 984. The minimum Gasteiger partial charge on any atom is -0.277 e. The molecule has 0 bridgehead atoms. The lowest BCUT2D eigenvalue weighted by Gasteiger charge is -2.18. The van der Waals surface area contributed by atoms with Crippen LogP contribution in [0.4, 0.5) is 10.1 Å². The molecule has 26 heavy (non-hydrogen) atoms. The van der Waals surface area contributed by atoms with Gasteiger partial charge in [0.1, 0.15) is 5.82 Å². The predicted octanol–water partition coefficient (Wildman–Crippen LogP) is 2.97. The Hall–Kier alpha value is -1.97. The standard InChI is InChI=1S/C17H21FN2O4S2/c1-4-20(5-2)26(23,24)15-9-7-14(8-10-15)25(21,22)19-17-11-6-13(3)12-16(17)18/h6-12,19H,4-5H2,1-3H3. The first-order valence-corrected chi connectivity index (χ1v) is 10.9. The lowest BCUT2D eigenvalue weighted by atomic mass is 10.2. The molecular weight excluding hydrogens is 379 g/mol. The number of halogens is 1. The first-order valence-electron chi connectivity index (χ1n) is 8.01. The normalized spacial score (nSPS) is 12.3. The van der Waals surface area contributed by atoms with Crippen molar-refractivity contribution in [1.82, 2.24) is 4.31 Å². The third kappa shape index (κ3) is 4.22. The van der Waals surface area contributed by atoms with Gasteiger partial charge in [0.15, 0.2) is 0 Å². The zero-order valence-corrected chi connectivity index (χ0v) is 16.4. The van der Waals surface area contributed by atoms with E-state index in [2.05, 4.69) is 4.72 Å². The number of hydrogen-bond donors (Lipinski definition) is 1. The molecular formula is C17H21FN2O4S2. The summed E-state index contributed by atoms with van der Waals surface area (Å²) in [4.78, 5) is -0.155. The molecule has 9 heteroatoms. The van der Waals surface area contributed by atoms with Crippen LogP contribution in [0.3, 0.4) is 0 Å². The third-order valence-corrected chi connectivity index (χ3v) is 7.29. The Morgan fingerprint density at radius 1 is 0.923 bits per heavy atom. The van der Waals surface area contributed by atoms with Crippen molar-refractivity contribution in [2.24, 2.45) is 0 Å². The SMILES string of the molecule is CCN(CC)S(=O)(=O)c1ccc(S(=O)(=O)Nc2ccc(C)cc2F)cc1. The van der Waals surface area contributed by atoms with Gasteiger partial charge in [-0.2, -0.15) is 4.31 Å². The lowest BCUT2D eigenvalue weighted by Crippen LogP contribution is -2.30. The fraction of sp³-hybridized carbons (Fsp3) is 0.294. The maximum Gasteiger partial charge on any atom is 0.261 e. The number of hydrogen-bond acceptors (Lipinski definition) is 4. The van der Waals surface area contributed by atoms with E-state index in [-0.39, 0.29) is 15.5 Å². The lowest BCUT2D eigenvalue weighted by molar-refractivity contribution is 0.445. The average molecular weight is 400 g/mol. The maximum absolute atomic E-state index is 13.9. The molecule has 0 heterocycles. The first kappa shape index (κ1) is 20.3. The molecule has 1 N–H and O–H groups in total. The van der Waals surface area contributed by atoms with Crippen LogP contribution in [0.5, 0.6) is 0 Å². The Morgan fingerprint density at radius 2 is 1.46 bits per heavy atom. The van der Waals surface area contributed by atoms with Crippen molar-refractivity contribution >= 4 is 25.7 Å². The van der Waals surface area contributed by atoms with Crippen LogP contribution in [-0.4, -0.2) is 34.2 Å². The summed E-state index contributed by atoms with van der Waals surface area (Å²) in [6, 6.07) is 8.97. The van der Waals surface area contributed by atoms with Gasteiger partial charge in [0.2, 0.25) is 10.0 Å². The average Bonchev–Trinajstić information content (AvgIpc) is 2.58. The molecule has 0 radical (unpaired) electrons. The van der Waals surface area contributed by atoms with E-state index >= 15 is 0 Å². The Morgan fingerprint density at radius 3 is 1.96 bits per heavy atom. The minimum absolute atomic E-state index is 0.00154. The molecule has 0 fully saturated rings. The van der Waals surface area contributed by atoms with E-state index in [0.29, 0.717) is 18.7 Å². The second-order valence-corrected chi connectivity index (χ2v) is 9.27. The molecule has 0 spiro atoms. The van der Waals surface area contributed by atoms with Crippen LogP contribution in [-0.2, 0) is 20.0 Å². The van der Waals surface area contributed by atoms with Gasteiger partial charge in [0.05, 0.1) is 15.5 Å². The molecule has 0 saturated carbocycles. The van der Waals surface area contributed by atoms with Crippen molar-refractivity contribution in [2.45, 2.75) is 30.6 Å². The van der Waals surface area contributed by atoms with E-state index in [1.165, 1.54) is 40.7 Å². The van der Waals surface area contributed by atoms with E-state index < -0.39 is 25.9 Å². The van der Waals surface area contributed by atoms with Crippen LogP contribution in [0, 0.1) is 12.7 Å². The highest BCUT2D eigenvalue weighted by molar-refractivity contribution is 7.92. The second-order valence-electron chi connectivity index (χ2n) is 5.65. The summed E-state index contributed by atoms with van der Waals surface area (Å²) in [5, 5.41) is 0. The van der Waals surface area contributed by atoms with E-state index in [0.717, 1.165) is 0 Å². The molecule has 6 nitrogen and oxygen atoms in total. The second kappa shape index (κ2) is 7.73. The number of nitrogens with one attached hydrogen (secondary N) is 1. The molecule has 0 unspecified atom stereocenters. The summed E-state index contributed by atoms with van der Waals surface area (Å²) in [5.74, 6) is -0.686. The molecule has 0 aliphatic heterocycles. The molecule has 0 saturated heterocycles. The molecule has 2 aromatic rings. The third-order valence-electron chi connectivity index (χ3n) is 3.85. The summed E-state index contributed by atoms with van der Waals surface area (Å²) in [7, 11) is -7.72. The predicted molar refractivity (Wildman–Crippen MR) is 98.5 cm³/mol. The fourth-order valence-electron chi connectivity index (χ4n) is 2.41. The van der Waals surface area contributed by atoms with Gasteiger partial charge < -0.3 is 0 Å². The van der Waals surface area contributed by atoms with Crippen molar-refractivity contribution in [1.29, 1.82) is 0 Å². The monoisotopic (exact) mass is 400 g/mol. The topological polar surface area (TPSA) is 83.6 Å². The van der Waals surface area contributed by atoms with Crippen molar-refractivity contribution < 1.29 is 21.2 Å². The fourth-order valence-corrected chi connectivity index (χ4v) is 4.94. The van der Waals surface area contributed by atoms with Crippen LogP contribution in [0.25, 0.3) is 0 Å². The Kier molecular flexibility index (Phi) is 6.05. The Balaban J connectivity index is 2.32. The molecule has 0 aliphatic carbocycles. The van der Waals surface area contributed by atoms with Gasteiger partial charge in [-0.1, -0.05) is 19.9 Å². The highest BCUT2D eigenvalue weighted by Gasteiger charge is 2.23. The zero-order valence-electron chi connectivity index (χ0n) is 14.7. The molecule has 2 aromatic carbocycles. The number of rotatable bonds is 7. The number of benzene rings is 2. The summed E-state index contributed by atoms with van der Waals surface area (Å²) in [6.07, 6.45) is 0. The summed E-state index contributed by atoms with van der Waals surface area (Å²) >= 11 is 0. The van der Waals surface area contributed by atoms with Crippen LogP contribution < -0.4 is 4.72 Å². The van der Waals surface area contributed by atoms with Crippen LogP contribution in [0.2, 0.25) is 0 Å².